The van der Waals surface area contributed by atoms with Gasteiger partial charge in [-0.25, -0.2) is 4.39 Å². The average Bonchev–Trinajstić information content (AvgIpc) is 2.76. The third-order valence-electron chi connectivity index (χ3n) is 2.56. The largest absolute Gasteiger partial charge is 0.452 e. The molecule has 0 fully saturated rings. The third-order valence-corrected chi connectivity index (χ3v) is 3.60. The van der Waals surface area contributed by atoms with Gasteiger partial charge in [0.2, 0.25) is 0 Å². The number of rotatable bonds is 4. The maximum absolute atomic E-state index is 13.3. The first-order valence-corrected chi connectivity index (χ1v) is 7.14. The second-order valence-corrected chi connectivity index (χ2v) is 5.44. The smallest absolute Gasteiger partial charge is 0.169 e. The Balaban J connectivity index is 2.37. The van der Waals surface area contributed by atoms with Gasteiger partial charge in [-0.15, -0.1) is 0 Å². The first-order valence-electron chi connectivity index (χ1n) is 5.55. The molecule has 0 saturated carbocycles. The molecule has 1 atom stereocenters. The molecular weight excluding hydrogens is 365 g/mol. The van der Waals surface area contributed by atoms with Crippen molar-refractivity contribution in [3.63, 3.8) is 0 Å². The van der Waals surface area contributed by atoms with Crippen LogP contribution in [0.1, 0.15) is 24.3 Å². The van der Waals surface area contributed by atoms with E-state index < -0.39 is 0 Å². The first-order chi connectivity index (χ1) is 8.61. The highest BCUT2D eigenvalue weighted by Crippen LogP contribution is 2.28. The summed E-state index contributed by atoms with van der Waals surface area (Å²) < 4.78 is 20.0. The van der Waals surface area contributed by atoms with Crippen LogP contribution in [0.4, 0.5) is 4.39 Å². The second kappa shape index (κ2) is 5.99. The second-order valence-electron chi connectivity index (χ2n) is 3.81. The summed E-state index contributed by atoms with van der Waals surface area (Å²) in [6.07, 6.45) is 0. The van der Waals surface area contributed by atoms with Crippen molar-refractivity contribution in [3.8, 4) is 0 Å². The molecule has 0 spiro atoms. The highest BCUT2D eigenvalue weighted by atomic mass is 79.9. The fraction of sp³-hybridized carbons (Fsp3) is 0.231. The molecule has 1 N–H and O–H groups in total. The Labute approximate surface area is 122 Å². The normalized spacial score (nSPS) is 12.7. The Bertz CT molecular complexity index is 542. The SMILES string of the molecule is CCNC(c1ccc(F)c(Br)c1)c1ccc(Br)o1. The van der Waals surface area contributed by atoms with E-state index in [-0.39, 0.29) is 11.9 Å². The molecule has 0 saturated heterocycles. The van der Waals surface area contributed by atoms with E-state index in [0.29, 0.717) is 9.14 Å². The number of halogens is 3. The van der Waals surface area contributed by atoms with Crippen LogP contribution in [0.15, 0.2) is 43.9 Å². The molecule has 18 heavy (non-hydrogen) atoms. The highest BCUT2D eigenvalue weighted by Gasteiger charge is 2.17. The van der Waals surface area contributed by atoms with Crippen molar-refractivity contribution in [2.75, 3.05) is 6.54 Å². The highest BCUT2D eigenvalue weighted by molar-refractivity contribution is 9.10. The summed E-state index contributed by atoms with van der Waals surface area (Å²) >= 11 is 6.49. The van der Waals surface area contributed by atoms with Crippen molar-refractivity contribution < 1.29 is 8.81 Å². The standard InChI is InChI=1S/C13H12Br2FNO/c1-2-17-13(11-5-6-12(15)18-11)8-3-4-10(16)9(14)7-8/h3-7,13,17H,2H2,1H3. The Kier molecular flexibility index (Phi) is 4.59. The molecule has 5 heteroatoms. The first kappa shape index (κ1) is 13.8. The van der Waals surface area contributed by atoms with Gasteiger partial charge in [0.15, 0.2) is 4.67 Å². The number of hydrogen-bond acceptors (Lipinski definition) is 2. The summed E-state index contributed by atoms with van der Waals surface area (Å²) in [6.45, 7) is 2.81. The van der Waals surface area contributed by atoms with Gasteiger partial charge < -0.3 is 9.73 Å². The number of hydrogen-bond donors (Lipinski definition) is 1. The zero-order valence-electron chi connectivity index (χ0n) is 9.71. The van der Waals surface area contributed by atoms with E-state index in [9.17, 15) is 4.39 Å². The van der Waals surface area contributed by atoms with Crippen LogP contribution in [-0.4, -0.2) is 6.54 Å². The lowest BCUT2D eigenvalue weighted by Gasteiger charge is -2.16. The van der Waals surface area contributed by atoms with Crippen molar-refractivity contribution in [1.29, 1.82) is 0 Å². The lowest BCUT2D eigenvalue weighted by molar-refractivity contribution is 0.437. The lowest BCUT2D eigenvalue weighted by Crippen LogP contribution is -2.21. The summed E-state index contributed by atoms with van der Waals surface area (Å²) in [5.41, 5.74) is 0.951. The Morgan fingerprint density at radius 2 is 2.06 bits per heavy atom. The van der Waals surface area contributed by atoms with Crippen LogP contribution in [0, 0.1) is 5.82 Å². The van der Waals surface area contributed by atoms with E-state index in [0.717, 1.165) is 17.9 Å². The molecule has 96 valence electrons. The summed E-state index contributed by atoms with van der Waals surface area (Å²) in [4.78, 5) is 0. The molecule has 1 unspecified atom stereocenters. The Morgan fingerprint density at radius 3 is 2.61 bits per heavy atom. The van der Waals surface area contributed by atoms with Gasteiger partial charge >= 0.3 is 0 Å². The van der Waals surface area contributed by atoms with E-state index in [1.807, 2.05) is 19.1 Å². The maximum atomic E-state index is 13.3. The molecule has 2 aromatic rings. The Morgan fingerprint density at radius 1 is 1.28 bits per heavy atom. The summed E-state index contributed by atoms with van der Waals surface area (Å²) in [5.74, 6) is 0.525. The van der Waals surface area contributed by atoms with Gasteiger partial charge in [-0.05, 0) is 68.2 Å². The molecule has 0 amide bonds. The van der Waals surface area contributed by atoms with Crippen LogP contribution in [-0.2, 0) is 0 Å². The molecule has 1 heterocycles. The number of benzene rings is 1. The number of nitrogens with one attached hydrogen (secondary N) is 1. The van der Waals surface area contributed by atoms with Gasteiger partial charge in [0.05, 0.1) is 10.5 Å². The zero-order valence-corrected chi connectivity index (χ0v) is 12.9. The number of furan rings is 1. The van der Waals surface area contributed by atoms with Crippen molar-refractivity contribution in [2.45, 2.75) is 13.0 Å². The molecule has 0 aliphatic rings. The van der Waals surface area contributed by atoms with Gasteiger partial charge in [-0.1, -0.05) is 13.0 Å². The minimum absolute atomic E-state index is 0.0850. The molecule has 1 aromatic heterocycles. The molecule has 0 aliphatic carbocycles. The zero-order chi connectivity index (χ0) is 13.1. The minimum atomic E-state index is -0.269. The average molecular weight is 377 g/mol. The van der Waals surface area contributed by atoms with Crippen LogP contribution in [0.2, 0.25) is 0 Å². The van der Waals surface area contributed by atoms with Crippen LogP contribution in [0.25, 0.3) is 0 Å². The van der Waals surface area contributed by atoms with E-state index in [1.165, 1.54) is 6.07 Å². The molecule has 2 nitrogen and oxygen atoms in total. The van der Waals surface area contributed by atoms with Gasteiger partial charge in [-0.3, -0.25) is 0 Å². The lowest BCUT2D eigenvalue weighted by atomic mass is 10.0. The fourth-order valence-electron chi connectivity index (χ4n) is 1.76. The summed E-state index contributed by atoms with van der Waals surface area (Å²) in [6, 6.07) is 8.62. The predicted molar refractivity (Wildman–Crippen MR) is 76.0 cm³/mol. The van der Waals surface area contributed by atoms with E-state index in [2.05, 4.69) is 37.2 Å². The topological polar surface area (TPSA) is 25.2 Å². The van der Waals surface area contributed by atoms with Gasteiger partial charge in [0, 0.05) is 0 Å². The van der Waals surface area contributed by atoms with Crippen molar-refractivity contribution in [3.05, 3.63) is 56.6 Å². The van der Waals surface area contributed by atoms with Gasteiger partial charge in [0.25, 0.3) is 0 Å². The summed E-state index contributed by atoms with van der Waals surface area (Å²) in [5, 5.41) is 3.32. The predicted octanol–water partition coefficient (Wildman–Crippen LogP) is 4.64. The van der Waals surface area contributed by atoms with E-state index in [1.54, 1.807) is 12.1 Å². The Hall–Kier alpha value is -0.650. The van der Waals surface area contributed by atoms with Crippen molar-refractivity contribution in [1.82, 2.24) is 5.32 Å². The van der Waals surface area contributed by atoms with E-state index in [4.69, 9.17) is 4.42 Å². The van der Waals surface area contributed by atoms with Gasteiger partial charge in [0.1, 0.15) is 11.6 Å². The molecule has 0 bridgehead atoms. The molecule has 2 rings (SSSR count). The van der Waals surface area contributed by atoms with Crippen LogP contribution >= 0.6 is 31.9 Å². The molecule has 0 aliphatic heterocycles. The fourth-order valence-corrected chi connectivity index (χ4v) is 2.48. The van der Waals surface area contributed by atoms with Crippen LogP contribution in [0.5, 0.6) is 0 Å². The third kappa shape index (κ3) is 3.02. The van der Waals surface area contributed by atoms with Crippen molar-refractivity contribution >= 4 is 31.9 Å². The van der Waals surface area contributed by atoms with Gasteiger partial charge in [-0.2, -0.15) is 0 Å². The van der Waals surface area contributed by atoms with E-state index >= 15 is 0 Å². The molecule has 1 aromatic carbocycles. The van der Waals surface area contributed by atoms with Crippen LogP contribution in [0.3, 0.4) is 0 Å². The van der Waals surface area contributed by atoms with Crippen LogP contribution < -0.4 is 5.32 Å². The quantitative estimate of drug-likeness (QED) is 0.840. The molecule has 0 radical (unpaired) electrons. The molecular formula is C13H12Br2FNO. The maximum Gasteiger partial charge on any atom is 0.169 e. The minimum Gasteiger partial charge on any atom is -0.452 e. The summed E-state index contributed by atoms with van der Waals surface area (Å²) in [7, 11) is 0. The van der Waals surface area contributed by atoms with Crippen molar-refractivity contribution in [2.24, 2.45) is 0 Å². The monoisotopic (exact) mass is 375 g/mol.